The number of aliphatic hydroxyl groups excluding tert-OH is 1. The van der Waals surface area contributed by atoms with Gasteiger partial charge in [0.05, 0.1) is 6.61 Å². The molecule has 0 saturated heterocycles. The zero-order valence-electron chi connectivity index (χ0n) is 54.5. The van der Waals surface area contributed by atoms with E-state index >= 15 is 0 Å². The quantitative estimate of drug-likeness (QED) is 0.0373. The minimum Gasteiger partial charge on any atom is -0.462 e. The van der Waals surface area contributed by atoms with Gasteiger partial charge in [-0.25, -0.2) is 0 Å². The number of hydrogen-bond donors (Lipinski definition) is 1. The molecule has 0 saturated carbocycles. The summed E-state index contributed by atoms with van der Waals surface area (Å²) in [6.07, 6.45) is 103. The molecule has 0 aromatic rings. The van der Waals surface area contributed by atoms with Crippen molar-refractivity contribution in [2.75, 3.05) is 13.2 Å². The normalized spacial score (nSPS) is 12.8. The second kappa shape index (κ2) is 72.1. The molecule has 1 unspecified atom stereocenters. The first-order valence-corrected chi connectivity index (χ1v) is 35.8. The summed E-state index contributed by atoms with van der Waals surface area (Å²) in [4.78, 5) is 24.7. The maximum atomic E-state index is 12.4. The van der Waals surface area contributed by atoms with Gasteiger partial charge in [-0.2, -0.15) is 0 Å². The van der Waals surface area contributed by atoms with Crippen LogP contribution in [0.2, 0.25) is 0 Å². The van der Waals surface area contributed by atoms with Gasteiger partial charge in [0.15, 0.2) is 6.10 Å². The maximum absolute atomic E-state index is 12.4. The molecule has 5 heteroatoms. The summed E-state index contributed by atoms with van der Waals surface area (Å²) in [5.41, 5.74) is 0. The minimum absolute atomic E-state index is 0.0639. The van der Waals surface area contributed by atoms with Crippen LogP contribution in [0.3, 0.4) is 0 Å². The zero-order chi connectivity index (χ0) is 59.1. The van der Waals surface area contributed by atoms with Gasteiger partial charge in [-0.05, 0) is 96.3 Å². The molecule has 474 valence electrons. The number of hydrogen-bond acceptors (Lipinski definition) is 5. The molecule has 0 rings (SSSR count). The van der Waals surface area contributed by atoms with Crippen molar-refractivity contribution in [1.29, 1.82) is 0 Å². The predicted molar refractivity (Wildman–Crippen MR) is 362 cm³/mol. The number of unbranched alkanes of at least 4 members (excludes halogenated alkanes) is 42. The lowest BCUT2D eigenvalue weighted by atomic mass is 10.0. The van der Waals surface area contributed by atoms with E-state index in [0.717, 1.165) is 83.5 Å². The molecule has 0 aromatic carbocycles. The average Bonchev–Trinajstić information content (AvgIpc) is 3.49. The van der Waals surface area contributed by atoms with E-state index in [1.165, 1.54) is 250 Å². The first-order chi connectivity index (χ1) is 40.6. The molecule has 1 atom stereocenters. The van der Waals surface area contributed by atoms with Gasteiger partial charge in [-0.1, -0.05) is 349 Å². The second-order valence-corrected chi connectivity index (χ2v) is 23.9. The molecule has 0 spiro atoms. The Morgan fingerprint density at radius 1 is 0.293 bits per heavy atom. The SMILES string of the molecule is CC/C=C\C/C=C\C/C=C\C/C=C\C/C=C\C/C=C\CCCCCCCCCCCCCCCCCCCCC(=O)OC(CO)COC(=O)CCCCCCCCCCCCCCCCCCCCC/C=C\C/C=C\CCCCCCC. The molecule has 0 amide bonds. The fraction of sp³-hybridized carbons (Fsp3) is 0.766. The summed E-state index contributed by atoms with van der Waals surface area (Å²) < 4.78 is 10.8. The van der Waals surface area contributed by atoms with Gasteiger partial charge in [0.1, 0.15) is 6.61 Å². The summed E-state index contributed by atoms with van der Waals surface area (Å²) >= 11 is 0. The average molecular weight is 1140 g/mol. The van der Waals surface area contributed by atoms with Crippen LogP contribution in [0.15, 0.2) is 97.2 Å². The van der Waals surface area contributed by atoms with E-state index in [2.05, 4.69) is 111 Å². The van der Waals surface area contributed by atoms with E-state index in [1.54, 1.807) is 0 Å². The van der Waals surface area contributed by atoms with Gasteiger partial charge < -0.3 is 14.6 Å². The van der Waals surface area contributed by atoms with Gasteiger partial charge in [0.25, 0.3) is 0 Å². The van der Waals surface area contributed by atoms with Crippen LogP contribution in [0.1, 0.15) is 361 Å². The first kappa shape index (κ1) is 78.8. The standard InChI is InChI=1S/C77H136O5/c1-3-5-7-9-11-13-15-17-19-21-23-25-27-29-31-33-35-36-37-38-39-40-42-44-46-48-50-52-54-56-58-60-62-64-66-68-70-72-77(80)82-75(73-78)74-81-76(79)71-69-67-65-63-61-59-57-55-53-51-49-47-45-43-41-34-32-30-28-26-24-22-20-18-16-14-12-10-8-6-4-2/h5,7,11,13,16-19,22-25,29,31,35-36,75,78H,3-4,6,8-10,12,14-15,20-21,26-28,30,32-34,37-74H2,1-2H3/b7-5-,13-11-,18-16-,19-17-,24-22-,25-23-,31-29-,36-35-. The monoisotopic (exact) mass is 1140 g/mol. The van der Waals surface area contributed by atoms with Gasteiger partial charge in [0.2, 0.25) is 0 Å². The lowest BCUT2D eigenvalue weighted by Gasteiger charge is -2.15. The fourth-order valence-electron chi connectivity index (χ4n) is 10.5. The van der Waals surface area contributed by atoms with Gasteiger partial charge in [-0.15, -0.1) is 0 Å². The molecule has 5 nitrogen and oxygen atoms in total. The van der Waals surface area contributed by atoms with Crippen molar-refractivity contribution in [3.8, 4) is 0 Å². The Morgan fingerprint density at radius 3 is 0.793 bits per heavy atom. The van der Waals surface area contributed by atoms with Crippen LogP contribution < -0.4 is 0 Å². The van der Waals surface area contributed by atoms with E-state index < -0.39 is 6.10 Å². The summed E-state index contributed by atoms with van der Waals surface area (Å²) in [6, 6.07) is 0. The molecule has 0 bridgehead atoms. The minimum atomic E-state index is -0.775. The van der Waals surface area contributed by atoms with Crippen LogP contribution >= 0.6 is 0 Å². The smallest absolute Gasteiger partial charge is 0.306 e. The maximum Gasteiger partial charge on any atom is 0.306 e. The lowest BCUT2D eigenvalue weighted by molar-refractivity contribution is -0.161. The van der Waals surface area contributed by atoms with Crippen molar-refractivity contribution in [1.82, 2.24) is 0 Å². The third-order valence-electron chi connectivity index (χ3n) is 15.9. The summed E-state index contributed by atoms with van der Waals surface area (Å²) in [6.45, 7) is 4.06. The number of carbonyl (C=O) groups is 2. The van der Waals surface area contributed by atoms with Gasteiger partial charge in [0, 0.05) is 12.8 Å². The topological polar surface area (TPSA) is 72.8 Å². The number of ether oxygens (including phenoxy) is 2. The number of allylic oxidation sites excluding steroid dienone is 16. The van der Waals surface area contributed by atoms with E-state index in [9.17, 15) is 14.7 Å². The highest BCUT2D eigenvalue weighted by atomic mass is 16.6. The molecular formula is C77H136O5. The highest BCUT2D eigenvalue weighted by Gasteiger charge is 2.16. The van der Waals surface area contributed by atoms with Crippen LogP contribution in [-0.4, -0.2) is 36.4 Å². The predicted octanol–water partition coefficient (Wildman–Crippen LogP) is 25.0. The Morgan fingerprint density at radius 2 is 0.524 bits per heavy atom. The van der Waals surface area contributed by atoms with Crippen molar-refractivity contribution >= 4 is 11.9 Å². The van der Waals surface area contributed by atoms with Crippen LogP contribution in [0.25, 0.3) is 0 Å². The van der Waals surface area contributed by atoms with E-state index in [4.69, 9.17) is 9.47 Å². The third kappa shape index (κ3) is 69.3. The largest absolute Gasteiger partial charge is 0.462 e. The van der Waals surface area contributed by atoms with Crippen molar-refractivity contribution < 1.29 is 24.2 Å². The molecule has 0 aliphatic heterocycles. The lowest BCUT2D eigenvalue weighted by Crippen LogP contribution is -2.28. The van der Waals surface area contributed by atoms with Crippen molar-refractivity contribution in [3.05, 3.63) is 97.2 Å². The summed E-state index contributed by atoms with van der Waals surface area (Å²) in [5.74, 6) is -0.574. The first-order valence-electron chi connectivity index (χ1n) is 35.8. The van der Waals surface area contributed by atoms with Crippen molar-refractivity contribution in [2.45, 2.75) is 367 Å². The molecule has 0 aliphatic carbocycles. The third-order valence-corrected chi connectivity index (χ3v) is 15.9. The van der Waals surface area contributed by atoms with Crippen LogP contribution in [-0.2, 0) is 19.1 Å². The molecule has 0 radical (unpaired) electrons. The van der Waals surface area contributed by atoms with Crippen LogP contribution in [0.4, 0.5) is 0 Å². The number of rotatable bonds is 66. The Kier molecular flexibility index (Phi) is 69.3. The Balaban J connectivity index is 3.43. The number of carbonyl (C=O) groups excluding carboxylic acids is 2. The zero-order valence-corrected chi connectivity index (χ0v) is 54.5. The van der Waals surface area contributed by atoms with Crippen molar-refractivity contribution in [3.63, 3.8) is 0 Å². The molecular weight excluding hydrogens is 1000 g/mol. The Labute approximate surface area is 510 Å². The Bertz CT molecular complexity index is 1530. The molecule has 0 aliphatic rings. The van der Waals surface area contributed by atoms with Gasteiger partial charge >= 0.3 is 11.9 Å². The number of esters is 2. The highest BCUT2D eigenvalue weighted by Crippen LogP contribution is 2.18. The highest BCUT2D eigenvalue weighted by molar-refractivity contribution is 5.70. The number of aliphatic hydroxyl groups is 1. The molecule has 0 heterocycles. The molecule has 82 heavy (non-hydrogen) atoms. The van der Waals surface area contributed by atoms with E-state index in [0.29, 0.717) is 12.8 Å². The van der Waals surface area contributed by atoms with E-state index in [-0.39, 0.29) is 25.2 Å². The summed E-state index contributed by atoms with van der Waals surface area (Å²) in [5, 5.41) is 9.71. The van der Waals surface area contributed by atoms with Crippen molar-refractivity contribution in [2.24, 2.45) is 0 Å². The molecule has 0 fully saturated rings. The van der Waals surface area contributed by atoms with Crippen LogP contribution in [0, 0.1) is 0 Å². The van der Waals surface area contributed by atoms with Gasteiger partial charge in [-0.3, -0.25) is 9.59 Å². The fourth-order valence-corrected chi connectivity index (χ4v) is 10.5. The van der Waals surface area contributed by atoms with Crippen LogP contribution in [0.5, 0.6) is 0 Å². The molecule has 0 aromatic heterocycles. The summed E-state index contributed by atoms with van der Waals surface area (Å²) in [7, 11) is 0. The Hall–Kier alpha value is -3.18. The molecule has 1 N–H and O–H groups in total. The van der Waals surface area contributed by atoms with E-state index in [1.807, 2.05) is 0 Å². The second-order valence-electron chi connectivity index (χ2n) is 23.9.